The average molecular weight is 445 g/mol. The van der Waals surface area contributed by atoms with Crippen LogP contribution in [-0.4, -0.2) is 28.8 Å². The lowest BCUT2D eigenvalue weighted by molar-refractivity contribution is 0.218. The lowest BCUT2D eigenvalue weighted by Crippen LogP contribution is -2.43. The van der Waals surface area contributed by atoms with Crippen LogP contribution in [-0.2, 0) is 8.85 Å². The SMILES string of the molecule is CCCC[Si](CCCC)(CCC[Si](CCCC)(CCCC)OC(C)C)OC(C)C. The third-order valence-electron chi connectivity index (χ3n) is 6.18. The molecule has 0 aromatic carbocycles. The zero-order valence-corrected chi connectivity index (χ0v) is 23.6. The monoisotopic (exact) mass is 444 g/mol. The van der Waals surface area contributed by atoms with Crippen molar-refractivity contribution in [3.63, 3.8) is 0 Å². The van der Waals surface area contributed by atoms with E-state index in [9.17, 15) is 0 Å². The molecule has 0 saturated carbocycles. The highest BCUT2D eigenvalue weighted by Crippen LogP contribution is 2.35. The topological polar surface area (TPSA) is 18.5 Å². The summed E-state index contributed by atoms with van der Waals surface area (Å²) in [6.07, 6.45) is 12.7. The van der Waals surface area contributed by atoms with E-state index in [4.69, 9.17) is 8.85 Å². The van der Waals surface area contributed by atoms with E-state index in [2.05, 4.69) is 55.4 Å². The van der Waals surface area contributed by atoms with Gasteiger partial charge in [0.2, 0.25) is 0 Å². The first-order valence-corrected chi connectivity index (χ1v) is 18.2. The highest BCUT2D eigenvalue weighted by molar-refractivity contribution is 6.75. The molecule has 0 N–H and O–H groups in total. The molecular formula is C25H56O2Si2. The highest BCUT2D eigenvalue weighted by atomic mass is 28.4. The number of hydrogen-bond acceptors (Lipinski definition) is 2. The third kappa shape index (κ3) is 13.4. The molecule has 0 aliphatic carbocycles. The van der Waals surface area contributed by atoms with Gasteiger partial charge in [0.05, 0.1) is 0 Å². The summed E-state index contributed by atoms with van der Waals surface area (Å²) in [5.74, 6) is 0. The molecule has 2 nitrogen and oxygen atoms in total. The quantitative estimate of drug-likeness (QED) is 0.174. The van der Waals surface area contributed by atoms with Crippen molar-refractivity contribution in [1.29, 1.82) is 0 Å². The van der Waals surface area contributed by atoms with Crippen molar-refractivity contribution in [2.45, 2.75) is 162 Å². The van der Waals surface area contributed by atoms with Crippen LogP contribution in [0, 0.1) is 0 Å². The minimum Gasteiger partial charge on any atom is -0.414 e. The number of hydrogen-bond donors (Lipinski definition) is 0. The van der Waals surface area contributed by atoms with E-state index in [1.54, 1.807) is 0 Å². The van der Waals surface area contributed by atoms with Crippen LogP contribution in [0.15, 0.2) is 0 Å². The maximum absolute atomic E-state index is 6.81. The molecule has 29 heavy (non-hydrogen) atoms. The molecule has 0 bridgehead atoms. The van der Waals surface area contributed by atoms with E-state index in [0.29, 0.717) is 12.2 Å². The molecule has 0 spiro atoms. The summed E-state index contributed by atoms with van der Waals surface area (Å²) >= 11 is 0. The van der Waals surface area contributed by atoms with Crippen molar-refractivity contribution in [3.8, 4) is 0 Å². The second kappa shape index (κ2) is 17.0. The van der Waals surface area contributed by atoms with Crippen LogP contribution in [0.5, 0.6) is 0 Å². The molecule has 0 heterocycles. The molecule has 0 fully saturated rings. The molecule has 0 atom stereocenters. The zero-order chi connectivity index (χ0) is 22.2. The molecule has 0 aliphatic rings. The summed E-state index contributed by atoms with van der Waals surface area (Å²) in [5, 5.41) is 0. The normalized spacial score (nSPS) is 13.0. The van der Waals surface area contributed by atoms with Crippen LogP contribution in [0.4, 0.5) is 0 Å². The summed E-state index contributed by atoms with van der Waals surface area (Å²) in [7, 11) is -3.27. The van der Waals surface area contributed by atoms with E-state index in [1.807, 2.05) is 0 Å². The van der Waals surface area contributed by atoms with Crippen molar-refractivity contribution in [2.24, 2.45) is 0 Å². The second-order valence-electron chi connectivity index (χ2n) is 9.97. The Balaban J connectivity index is 5.32. The minimum atomic E-state index is -1.64. The average Bonchev–Trinajstić information content (AvgIpc) is 2.66. The van der Waals surface area contributed by atoms with Crippen molar-refractivity contribution in [3.05, 3.63) is 0 Å². The fourth-order valence-corrected chi connectivity index (χ4v) is 15.0. The summed E-state index contributed by atoms with van der Waals surface area (Å²) in [5.41, 5.74) is 0. The van der Waals surface area contributed by atoms with E-state index in [0.717, 1.165) is 0 Å². The Labute approximate surface area is 187 Å². The molecule has 0 aromatic heterocycles. The fraction of sp³-hybridized carbons (Fsp3) is 1.00. The lowest BCUT2D eigenvalue weighted by atomic mass is 10.4. The summed E-state index contributed by atoms with van der Waals surface area (Å²) in [4.78, 5) is 0. The predicted molar refractivity (Wildman–Crippen MR) is 137 cm³/mol. The van der Waals surface area contributed by atoms with Gasteiger partial charge in [0.1, 0.15) is 0 Å². The maximum Gasteiger partial charge on any atom is 0.193 e. The predicted octanol–water partition coefficient (Wildman–Crippen LogP) is 9.32. The van der Waals surface area contributed by atoms with Gasteiger partial charge in [0.25, 0.3) is 0 Å². The van der Waals surface area contributed by atoms with E-state index in [1.165, 1.54) is 94.1 Å². The van der Waals surface area contributed by atoms with Gasteiger partial charge in [-0.2, -0.15) is 0 Å². The van der Waals surface area contributed by atoms with Crippen molar-refractivity contribution in [1.82, 2.24) is 0 Å². The molecule has 0 unspecified atom stereocenters. The highest BCUT2D eigenvalue weighted by Gasteiger charge is 2.38. The Morgan fingerprint density at radius 1 is 0.448 bits per heavy atom. The number of rotatable bonds is 20. The first kappa shape index (κ1) is 29.4. The standard InChI is InChI=1S/C25H56O2Si2/c1-9-13-18-28(19-14-10-2,26-24(5)6)22-17-23-29(20-15-11-3,21-16-12-4)27-25(7)8/h24-25H,9-23H2,1-8H3. The fourth-order valence-electron chi connectivity index (χ4n) is 4.83. The van der Waals surface area contributed by atoms with Gasteiger partial charge in [-0.1, -0.05) is 85.5 Å². The largest absolute Gasteiger partial charge is 0.414 e. The summed E-state index contributed by atoms with van der Waals surface area (Å²) in [6, 6.07) is 8.19. The first-order chi connectivity index (χ1) is 13.8. The Morgan fingerprint density at radius 2 is 0.690 bits per heavy atom. The Hall–Kier alpha value is 0.354. The lowest BCUT2D eigenvalue weighted by Gasteiger charge is -2.37. The van der Waals surface area contributed by atoms with Gasteiger partial charge in [-0.05, 0) is 64.0 Å². The van der Waals surface area contributed by atoms with Gasteiger partial charge in [-0.25, -0.2) is 0 Å². The second-order valence-corrected chi connectivity index (χ2v) is 18.2. The smallest absolute Gasteiger partial charge is 0.193 e. The molecular weight excluding hydrogens is 388 g/mol. The molecule has 176 valence electrons. The van der Waals surface area contributed by atoms with Crippen molar-refractivity contribution >= 4 is 16.6 Å². The summed E-state index contributed by atoms with van der Waals surface area (Å²) < 4.78 is 13.6. The molecule has 0 rings (SSSR count). The zero-order valence-electron chi connectivity index (χ0n) is 21.6. The molecule has 0 aromatic rings. The van der Waals surface area contributed by atoms with Crippen LogP contribution in [0.2, 0.25) is 36.3 Å². The van der Waals surface area contributed by atoms with Crippen LogP contribution < -0.4 is 0 Å². The molecule has 0 aliphatic heterocycles. The van der Waals surface area contributed by atoms with Gasteiger partial charge >= 0.3 is 0 Å². The Bertz CT molecular complexity index is 322. The van der Waals surface area contributed by atoms with Gasteiger partial charge in [0, 0.05) is 12.2 Å². The van der Waals surface area contributed by atoms with Crippen molar-refractivity contribution < 1.29 is 8.85 Å². The number of unbranched alkanes of at least 4 members (excludes halogenated alkanes) is 4. The van der Waals surface area contributed by atoms with Crippen molar-refractivity contribution in [2.75, 3.05) is 0 Å². The molecule has 0 saturated heterocycles. The molecule has 4 heteroatoms. The van der Waals surface area contributed by atoms with Gasteiger partial charge in [0.15, 0.2) is 16.6 Å². The minimum absolute atomic E-state index is 0.379. The Morgan fingerprint density at radius 3 is 0.897 bits per heavy atom. The maximum atomic E-state index is 6.81. The summed E-state index contributed by atoms with van der Waals surface area (Å²) in [6.45, 7) is 18.3. The van der Waals surface area contributed by atoms with E-state index < -0.39 is 16.6 Å². The van der Waals surface area contributed by atoms with Crippen LogP contribution in [0.25, 0.3) is 0 Å². The third-order valence-corrected chi connectivity index (χ3v) is 15.7. The first-order valence-electron chi connectivity index (χ1n) is 13.1. The van der Waals surface area contributed by atoms with Gasteiger partial charge < -0.3 is 8.85 Å². The Kier molecular flexibility index (Phi) is 17.2. The van der Waals surface area contributed by atoms with Gasteiger partial charge in [-0.15, -0.1) is 0 Å². The van der Waals surface area contributed by atoms with Crippen LogP contribution in [0.1, 0.15) is 113 Å². The van der Waals surface area contributed by atoms with Gasteiger partial charge in [-0.3, -0.25) is 0 Å². The molecule has 0 radical (unpaired) electrons. The van der Waals surface area contributed by atoms with Crippen LogP contribution in [0.3, 0.4) is 0 Å². The van der Waals surface area contributed by atoms with E-state index >= 15 is 0 Å². The van der Waals surface area contributed by atoms with Crippen LogP contribution >= 0.6 is 0 Å². The van der Waals surface area contributed by atoms with E-state index in [-0.39, 0.29) is 0 Å². The molecule has 0 amide bonds.